The molecule has 0 spiro atoms. The fourth-order valence-corrected chi connectivity index (χ4v) is 1.43. The smallest absolute Gasteiger partial charge is 0.0417 e. The van der Waals surface area contributed by atoms with Gasteiger partial charge in [-0.25, -0.2) is 0 Å². The average Bonchev–Trinajstić information content (AvgIpc) is 2.17. The minimum absolute atomic E-state index is 0.477. The zero-order valence-electron chi connectivity index (χ0n) is 6.54. The molecule has 0 saturated heterocycles. The molecule has 1 atom stereocenters. The minimum Gasteiger partial charge on any atom is -0.0736 e. The molecule has 0 bridgehead atoms. The predicted octanol–water partition coefficient (Wildman–Crippen LogP) is 2.70. The molecule has 0 aliphatic heterocycles. The lowest BCUT2D eigenvalue weighted by Crippen LogP contribution is -1.88. The Balaban J connectivity index is 2.33. The van der Waals surface area contributed by atoms with Crippen LogP contribution >= 0.6 is 0 Å². The molecule has 0 fully saturated rings. The molecule has 0 saturated carbocycles. The topological polar surface area (TPSA) is 0 Å². The van der Waals surface area contributed by atoms with Gasteiger partial charge in [-0.3, -0.25) is 0 Å². The highest BCUT2D eigenvalue weighted by Crippen LogP contribution is 2.30. The van der Waals surface area contributed by atoms with Crippen LogP contribution in [0.5, 0.6) is 0 Å². The van der Waals surface area contributed by atoms with Crippen molar-refractivity contribution in [3.05, 3.63) is 54.0 Å². The molecule has 2 rings (SSSR count). The van der Waals surface area contributed by atoms with Crippen molar-refractivity contribution in [2.45, 2.75) is 6.92 Å². The summed E-state index contributed by atoms with van der Waals surface area (Å²) in [7, 11) is 0. The summed E-state index contributed by atoms with van der Waals surface area (Å²) in [5.74, 6) is 0.477. The van der Waals surface area contributed by atoms with Gasteiger partial charge in [0.25, 0.3) is 0 Å². The van der Waals surface area contributed by atoms with Gasteiger partial charge >= 0.3 is 0 Å². The Bertz CT molecular complexity index is 274. The van der Waals surface area contributed by atoms with Gasteiger partial charge in [0, 0.05) is 12.3 Å². The van der Waals surface area contributed by atoms with E-state index in [1.54, 1.807) is 0 Å². The van der Waals surface area contributed by atoms with E-state index in [1.165, 1.54) is 11.1 Å². The fourth-order valence-electron chi connectivity index (χ4n) is 1.43. The molecule has 0 amide bonds. The molecular weight excluding hydrogens is 132 g/mol. The van der Waals surface area contributed by atoms with Crippen LogP contribution in [0, 0.1) is 12.3 Å². The van der Waals surface area contributed by atoms with Crippen molar-refractivity contribution < 1.29 is 0 Å². The van der Waals surface area contributed by atoms with Gasteiger partial charge in [0.15, 0.2) is 0 Å². The molecule has 54 valence electrons. The van der Waals surface area contributed by atoms with Crippen LogP contribution in [-0.4, -0.2) is 0 Å². The minimum atomic E-state index is 0.477. The monoisotopic (exact) mass is 142 g/mol. The van der Waals surface area contributed by atoms with E-state index in [9.17, 15) is 0 Å². The van der Waals surface area contributed by atoms with E-state index in [1.807, 2.05) is 0 Å². The zero-order valence-corrected chi connectivity index (χ0v) is 6.54. The maximum Gasteiger partial charge on any atom is 0.0417 e. The summed E-state index contributed by atoms with van der Waals surface area (Å²) in [4.78, 5) is 0. The van der Waals surface area contributed by atoms with Gasteiger partial charge in [-0.15, -0.1) is 0 Å². The summed E-state index contributed by atoms with van der Waals surface area (Å²) in [5, 5.41) is 0. The lowest BCUT2D eigenvalue weighted by molar-refractivity contribution is 1.03. The first kappa shape index (κ1) is 6.66. The molecule has 2 radical (unpaired) electrons. The second-order valence-corrected chi connectivity index (χ2v) is 2.89. The first-order valence-electron chi connectivity index (χ1n) is 3.87. The number of hydrogen-bond acceptors (Lipinski definition) is 0. The lowest BCUT2D eigenvalue weighted by Gasteiger charge is -2.00. The van der Waals surface area contributed by atoms with Crippen molar-refractivity contribution >= 4 is 0 Å². The van der Waals surface area contributed by atoms with Crippen molar-refractivity contribution in [3.63, 3.8) is 0 Å². The molecule has 0 heteroatoms. The third-order valence-electron chi connectivity index (χ3n) is 1.95. The van der Waals surface area contributed by atoms with Gasteiger partial charge < -0.3 is 0 Å². The van der Waals surface area contributed by atoms with E-state index in [0.717, 1.165) is 0 Å². The summed E-state index contributed by atoms with van der Waals surface area (Å²) in [6, 6.07) is 0. The van der Waals surface area contributed by atoms with Gasteiger partial charge in [-0.2, -0.15) is 0 Å². The highest BCUT2D eigenvalue weighted by atomic mass is 14.2. The molecule has 1 unspecified atom stereocenters. The van der Waals surface area contributed by atoms with E-state index in [4.69, 9.17) is 0 Å². The number of hydrogen-bond donors (Lipinski definition) is 0. The standard InChI is InChI=1S/C11H10/c1-9-7-10-5-3-2-4-6-11(10)8-9/h2-7,10H,1H3. The van der Waals surface area contributed by atoms with Crippen LogP contribution in [0.4, 0.5) is 0 Å². The van der Waals surface area contributed by atoms with Crippen molar-refractivity contribution in [1.29, 1.82) is 0 Å². The summed E-state index contributed by atoms with van der Waals surface area (Å²) in [6.45, 7) is 2.09. The normalized spacial score (nSPS) is 27.5. The van der Waals surface area contributed by atoms with Crippen LogP contribution in [0.15, 0.2) is 47.6 Å². The van der Waals surface area contributed by atoms with Crippen molar-refractivity contribution in [2.24, 2.45) is 5.92 Å². The molecule has 0 N–H and O–H groups in total. The van der Waals surface area contributed by atoms with Crippen LogP contribution in [0.25, 0.3) is 0 Å². The number of rotatable bonds is 0. The molecule has 2 aliphatic carbocycles. The molecule has 0 aromatic heterocycles. The summed E-state index contributed by atoms with van der Waals surface area (Å²) >= 11 is 0. The quantitative estimate of drug-likeness (QED) is 0.488. The highest BCUT2D eigenvalue weighted by Gasteiger charge is 2.16. The number of fused-ring (bicyclic) bond motifs is 1. The van der Waals surface area contributed by atoms with Gasteiger partial charge in [-0.1, -0.05) is 42.0 Å². The largest absolute Gasteiger partial charge is 0.0736 e. The van der Waals surface area contributed by atoms with Crippen molar-refractivity contribution in [1.82, 2.24) is 0 Å². The summed E-state index contributed by atoms with van der Waals surface area (Å²) in [6.07, 6.45) is 16.1. The molecule has 0 aromatic carbocycles. The molecular formula is C11H10. The van der Waals surface area contributed by atoms with E-state index >= 15 is 0 Å². The number of allylic oxidation sites excluding steroid dienone is 8. The molecule has 2 aliphatic rings. The van der Waals surface area contributed by atoms with E-state index in [2.05, 4.69) is 49.8 Å². The first-order valence-corrected chi connectivity index (χ1v) is 3.87. The summed E-state index contributed by atoms with van der Waals surface area (Å²) < 4.78 is 0. The second kappa shape index (κ2) is 2.54. The maximum atomic E-state index is 3.32. The SMILES string of the molecule is CC1=CC2C=CC=CC=C2[C]1. The van der Waals surface area contributed by atoms with Crippen LogP contribution in [0.1, 0.15) is 6.92 Å². The van der Waals surface area contributed by atoms with E-state index in [0.29, 0.717) is 5.92 Å². The summed E-state index contributed by atoms with van der Waals surface area (Å²) in [5.41, 5.74) is 2.54. The van der Waals surface area contributed by atoms with Crippen molar-refractivity contribution in [2.75, 3.05) is 0 Å². The third kappa shape index (κ3) is 1.21. The average molecular weight is 142 g/mol. The second-order valence-electron chi connectivity index (χ2n) is 2.89. The Morgan fingerprint density at radius 2 is 2.18 bits per heavy atom. The molecule has 11 heavy (non-hydrogen) atoms. The van der Waals surface area contributed by atoms with Gasteiger partial charge in [0.05, 0.1) is 0 Å². The van der Waals surface area contributed by atoms with Crippen LogP contribution in [0.3, 0.4) is 0 Å². The molecule has 0 heterocycles. The lowest BCUT2D eigenvalue weighted by atomic mass is 10.0. The van der Waals surface area contributed by atoms with Gasteiger partial charge in [0.1, 0.15) is 0 Å². The Hall–Kier alpha value is -1.04. The predicted molar refractivity (Wildman–Crippen MR) is 46.9 cm³/mol. The zero-order chi connectivity index (χ0) is 7.68. The molecule has 0 nitrogen and oxygen atoms in total. The van der Waals surface area contributed by atoms with Gasteiger partial charge in [-0.05, 0) is 12.5 Å². The van der Waals surface area contributed by atoms with E-state index < -0.39 is 0 Å². The van der Waals surface area contributed by atoms with Crippen LogP contribution < -0.4 is 0 Å². The van der Waals surface area contributed by atoms with Crippen LogP contribution in [0.2, 0.25) is 0 Å². The molecule has 0 aromatic rings. The maximum absolute atomic E-state index is 3.32. The Morgan fingerprint density at radius 3 is 3.09 bits per heavy atom. The Labute approximate surface area is 67.6 Å². The van der Waals surface area contributed by atoms with Crippen molar-refractivity contribution in [3.8, 4) is 0 Å². The third-order valence-corrected chi connectivity index (χ3v) is 1.95. The Morgan fingerprint density at radius 1 is 1.27 bits per heavy atom. The fraction of sp³-hybridized carbons (Fsp3) is 0.182. The van der Waals surface area contributed by atoms with Crippen LogP contribution in [-0.2, 0) is 0 Å². The first-order chi connectivity index (χ1) is 5.36. The van der Waals surface area contributed by atoms with E-state index in [-0.39, 0.29) is 0 Å². The Kier molecular flexibility index (Phi) is 1.54. The van der Waals surface area contributed by atoms with Gasteiger partial charge in [0.2, 0.25) is 0 Å². The highest BCUT2D eigenvalue weighted by molar-refractivity contribution is 5.46.